The second-order valence-corrected chi connectivity index (χ2v) is 13.1. The fourth-order valence-electron chi connectivity index (χ4n) is 6.98. The summed E-state index contributed by atoms with van der Waals surface area (Å²) < 4.78 is 0. The Hall–Kier alpha value is -7.78. The number of rotatable bonds is 9. The average molecular weight is 724 g/mol. The van der Waals surface area contributed by atoms with Crippen molar-refractivity contribution >= 4 is 17.1 Å². The Bertz CT molecular complexity index is 2430. The minimum atomic E-state index is 0.758. The molecule has 0 saturated heterocycles. The van der Waals surface area contributed by atoms with Gasteiger partial charge in [0.1, 0.15) is 0 Å². The van der Waals surface area contributed by atoms with Crippen molar-refractivity contribution in [2.24, 2.45) is 0 Å². The van der Waals surface area contributed by atoms with Crippen molar-refractivity contribution in [3.63, 3.8) is 0 Å². The van der Waals surface area contributed by atoms with Crippen molar-refractivity contribution < 1.29 is 0 Å². The minimum Gasteiger partial charge on any atom is -0.310 e. The molecule has 0 aliphatic carbocycles. The molecular weight excluding hydrogens is 691 g/mol. The third kappa shape index (κ3) is 7.00. The predicted molar refractivity (Wildman–Crippen MR) is 221 cm³/mol. The maximum absolute atomic E-state index is 4.68. The summed E-state index contributed by atoms with van der Waals surface area (Å²) in [4.78, 5) is 38.6. The van der Waals surface area contributed by atoms with Gasteiger partial charge in [-0.3, -0.25) is 39.9 Å². The van der Waals surface area contributed by atoms with E-state index in [1.165, 1.54) is 0 Å². The zero-order valence-corrected chi connectivity index (χ0v) is 30.3. The van der Waals surface area contributed by atoms with Crippen molar-refractivity contribution in [1.82, 2.24) is 39.9 Å². The number of nitrogens with zero attached hydrogens (tertiary/aromatic N) is 9. The van der Waals surface area contributed by atoms with E-state index in [9.17, 15) is 0 Å². The van der Waals surface area contributed by atoms with Crippen LogP contribution in [0, 0.1) is 6.92 Å². The maximum atomic E-state index is 4.68. The molecule has 0 spiro atoms. The van der Waals surface area contributed by atoms with Gasteiger partial charge in [-0.05, 0) is 108 Å². The molecule has 0 radical (unpaired) electrons. The number of anilines is 3. The fraction of sp³-hybridized carbons (Fsp3) is 0.0213. The molecule has 0 fully saturated rings. The summed E-state index contributed by atoms with van der Waals surface area (Å²) in [5.41, 5.74) is 14.9. The van der Waals surface area contributed by atoms with Crippen LogP contribution in [-0.2, 0) is 0 Å². The molecule has 0 bridgehead atoms. The highest BCUT2D eigenvalue weighted by atomic mass is 15.1. The maximum Gasteiger partial charge on any atom is 0.0885 e. The molecule has 9 heteroatoms. The number of hydrogen-bond acceptors (Lipinski definition) is 9. The molecule has 266 valence electrons. The Kier molecular flexibility index (Phi) is 9.29. The molecule has 0 N–H and O–H groups in total. The summed E-state index contributed by atoms with van der Waals surface area (Å²) in [5, 5.41) is 0. The lowest BCUT2D eigenvalue weighted by Gasteiger charge is -2.28. The Labute approximate surface area is 324 Å². The molecule has 56 heavy (non-hydrogen) atoms. The largest absolute Gasteiger partial charge is 0.310 e. The van der Waals surface area contributed by atoms with Crippen LogP contribution in [0.4, 0.5) is 17.1 Å². The van der Waals surface area contributed by atoms with E-state index < -0.39 is 0 Å². The van der Waals surface area contributed by atoms with Gasteiger partial charge in [-0.1, -0.05) is 36.4 Å². The standard InChI is InChI=1S/C47H33N9/c1-32-42(33-20-35(44-28-48-12-16-52-44)24-36(21-33)45-29-49-13-17-53-45)26-41(56(39-8-4-2-5-9-39)40-10-6-3-7-11-40)27-43(32)34-22-37(46-30-50-14-18-54-46)25-38(23-34)47-31-51-15-19-55-47/h2-31H,1H3. The number of hydrogen-bond donors (Lipinski definition) is 0. The Morgan fingerprint density at radius 2 is 0.661 bits per heavy atom. The van der Waals surface area contributed by atoms with Gasteiger partial charge < -0.3 is 4.90 Å². The van der Waals surface area contributed by atoms with Crippen molar-refractivity contribution in [2.45, 2.75) is 6.92 Å². The second kappa shape index (κ2) is 15.3. The van der Waals surface area contributed by atoms with E-state index in [1.807, 2.05) is 12.1 Å². The van der Waals surface area contributed by atoms with Crippen LogP contribution in [0.3, 0.4) is 0 Å². The number of benzene rings is 5. The third-order valence-electron chi connectivity index (χ3n) is 9.60. The molecule has 4 aromatic heterocycles. The minimum absolute atomic E-state index is 0.758. The molecule has 0 aliphatic rings. The molecule has 0 unspecified atom stereocenters. The molecule has 4 heterocycles. The Morgan fingerprint density at radius 1 is 0.339 bits per heavy atom. The van der Waals surface area contributed by atoms with Crippen molar-refractivity contribution in [1.29, 1.82) is 0 Å². The zero-order chi connectivity index (χ0) is 37.7. The predicted octanol–water partition coefficient (Wildman–Crippen LogP) is 10.6. The molecule has 0 saturated carbocycles. The summed E-state index contributed by atoms with van der Waals surface area (Å²) in [6, 6.07) is 38.3. The highest BCUT2D eigenvalue weighted by molar-refractivity contribution is 5.91. The molecule has 9 nitrogen and oxygen atoms in total. The van der Waals surface area contributed by atoms with Crippen LogP contribution in [0.5, 0.6) is 0 Å². The second-order valence-electron chi connectivity index (χ2n) is 13.1. The first kappa shape index (κ1) is 34.0. The highest BCUT2D eigenvalue weighted by Crippen LogP contribution is 2.44. The van der Waals surface area contributed by atoms with Gasteiger partial charge in [0.25, 0.3) is 0 Å². The summed E-state index contributed by atoms with van der Waals surface area (Å²) in [7, 11) is 0. The Balaban J connectivity index is 1.34. The molecule has 5 aromatic carbocycles. The van der Waals surface area contributed by atoms with Gasteiger partial charge in [0, 0.05) is 88.9 Å². The van der Waals surface area contributed by atoms with Crippen LogP contribution in [0.25, 0.3) is 67.3 Å². The van der Waals surface area contributed by atoms with E-state index in [-0.39, 0.29) is 0 Å². The van der Waals surface area contributed by atoms with Crippen molar-refractivity contribution in [3.05, 3.63) is 189 Å². The summed E-state index contributed by atoms with van der Waals surface area (Å²) >= 11 is 0. The van der Waals surface area contributed by atoms with Gasteiger partial charge in [-0.2, -0.15) is 0 Å². The Morgan fingerprint density at radius 3 is 0.964 bits per heavy atom. The van der Waals surface area contributed by atoms with E-state index in [4.69, 9.17) is 0 Å². The van der Waals surface area contributed by atoms with Gasteiger partial charge in [0.2, 0.25) is 0 Å². The fourth-order valence-corrected chi connectivity index (χ4v) is 6.98. The van der Waals surface area contributed by atoms with Gasteiger partial charge in [0.15, 0.2) is 0 Å². The average Bonchev–Trinajstić information content (AvgIpc) is 3.28. The molecule has 0 atom stereocenters. The van der Waals surface area contributed by atoms with E-state index in [1.54, 1.807) is 74.4 Å². The van der Waals surface area contributed by atoms with Gasteiger partial charge in [-0.15, -0.1) is 0 Å². The smallest absolute Gasteiger partial charge is 0.0885 e. The van der Waals surface area contributed by atoms with Gasteiger partial charge >= 0.3 is 0 Å². The van der Waals surface area contributed by atoms with Crippen LogP contribution < -0.4 is 4.90 Å². The molecule has 0 amide bonds. The first-order valence-electron chi connectivity index (χ1n) is 18.1. The van der Waals surface area contributed by atoms with Crippen LogP contribution in [0.1, 0.15) is 5.56 Å². The first-order valence-corrected chi connectivity index (χ1v) is 18.1. The monoisotopic (exact) mass is 723 g/mol. The van der Waals surface area contributed by atoms with Crippen molar-refractivity contribution in [3.8, 4) is 67.3 Å². The van der Waals surface area contributed by atoms with Crippen molar-refractivity contribution in [2.75, 3.05) is 4.90 Å². The molecular formula is C47H33N9. The highest BCUT2D eigenvalue weighted by Gasteiger charge is 2.20. The van der Waals surface area contributed by atoms with Gasteiger partial charge in [0.05, 0.1) is 47.6 Å². The van der Waals surface area contributed by atoms with Gasteiger partial charge in [-0.25, -0.2) is 0 Å². The van der Waals surface area contributed by atoms with Crippen LogP contribution in [0.15, 0.2) is 184 Å². The molecule has 9 aromatic rings. The third-order valence-corrected chi connectivity index (χ3v) is 9.60. The molecule has 0 aliphatic heterocycles. The van der Waals surface area contributed by atoms with E-state index in [2.05, 4.69) is 149 Å². The number of para-hydroxylation sites is 2. The lowest BCUT2D eigenvalue weighted by molar-refractivity contribution is 1.20. The quantitative estimate of drug-likeness (QED) is 0.144. The first-order chi connectivity index (χ1) is 27.7. The number of aromatic nitrogens is 8. The zero-order valence-electron chi connectivity index (χ0n) is 30.3. The van der Waals surface area contributed by atoms with Crippen LogP contribution in [-0.4, -0.2) is 39.9 Å². The lowest BCUT2D eigenvalue weighted by Crippen LogP contribution is -2.10. The van der Waals surface area contributed by atoms with E-state index in [0.717, 1.165) is 89.9 Å². The summed E-state index contributed by atoms with van der Waals surface area (Å²) in [5.74, 6) is 0. The molecule has 9 rings (SSSR count). The van der Waals surface area contributed by atoms with Crippen LogP contribution >= 0.6 is 0 Å². The summed E-state index contributed by atoms with van der Waals surface area (Å²) in [6.45, 7) is 2.18. The lowest BCUT2D eigenvalue weighted by atomic mass is 9.88. The normalized spacial score (nSPS) is 10.9. The van der Waals surface area contributed by atoms with E-state index in [0.29, 0.717) is 0 Å². The van der Waals surface area contributed by atoms with Crippen LogP contribution in [0.2, 0.25) is 0 Å². The summed E-state index contributed by atoms with van der Waals surface area (Å²) in [6.07, 6.45) is 20.7. The topological polar surface area (TPSA) is 106 Å². The van der Waals surface area contributed by atoms with E-state index >= 15 is 0 Å². The SMILES string of the molecule is Cc1c(-c2cc(-c3cnccn3)cc(-c3cnccn3)c2)cc(N(c2ccccc2)c2ccccc2)cc1-c1cc(-c2cnccn2)cc(-c2cnccn2)c1.